The fourth-order valence-electron chi connectivity index (χ4n) is 2.89. The monoisotopic (exact) mass is 339 g/mol. The molecule has 0 saturated heterocycles. The van der Waals surface area contributed by atoms with E-state index in [0.29, 0.717) is 11.1 Å². The van der Waals surface area contributed by atoms with E-state index in [1.54, 1.807) is 36.4 Å². The van der Waals surface area contributed by atoms with E-state index in [2.05, 4.69) is 0 Å². The number of rotatable bonds is 5. The summed E-state index contributed by atoms with van der Waals surface area (Å²) in [7, 11) is -3.79. The topological polar surface area (TPSA) is 77.2 Å². The molecule has 0 bridgehead atoms. The molecular formula is C19H17NO3S. The van der Waals surface area contributed by atoms with E-state index < -0.39 is 21.0 Å². The van der Waals surface area contributed by atoms with Gasteiger partial charge in [-0.05, 0) is 21.9 Å². The lowest BCUT2D eigenvalue weighted by Gasteiger charge is -2.16. The molecule has 0 saturated carbocycles. The Labute approximate surface area is 140 Å². The molecular weight excluding hydrogens is 322 g/mol. The minimum Gasteiger partial charge on any atom is -0.368 e. The van der Waals surface area contributed by atoms with Crippen LogP contribution in [0.2, 0.25) is 0 Å². The van der Waals surface area contributed by atoms with Gasteiger partial charge in [0, 0.05) is 0 Å². The molecule has 0 fully saturated rings. The molecule has 122 valence electrons. The minimum atomic E-state index is -3.79. The van der Waals surface area contributed by atoms with Gasteiger partial charge in [-0.15, -0.1) is 0 Å². The molecule has 0 aromatic heterocycles. The van der Waals surface area contributed by atoms with Crippen LogP contribution in [0.1, 0.15) is 16.4 Å². The summed E-state index contributed by atoms with van der Waals surface area (Å²) in [4.78, 5) is 11.8. The number of sulfone groups is 1. The lowest BCUT2D eigenvalue weighted by molar-refractivity contribution is -0.117. The second kappa shape index (κ2) is 6.45. The van der Waals surface area contributed by atoms with Crippen molar-refractivity contribution < 1.29 is 13.2 Å². The standard InChI is InChI=1S/C19H17NO3S/c20-19(21)18(15-8-2-1-3-9-15)24(22,23)13-16-11-6-10-14-7-4-5-12-17(14)16/h1-12,18H,13H2,(H2,20,21). The van der Waals surface area contributed by atoms with Gasteiger partial charge in [-0.1, -0.05) is 72.8 Å². The maximum Gasteiger partial charge on any atom is 0.240 e. The predicted molar refractivity (Wildman–Crippen MR) is 94.9 cm³/mol. The van der Waals surface area contributed by atoms with Gasteiger partial charge in [0.05, 0.1) is 5.75 Å². The van der Waals surface area contributed by atoms with Crippen molar-refractivity contribution in [2.24, 2.45) is 5.73 Å². The molecule has 2 N–H and O–H groups in total. The number of carbonyl (C=O) groups is 1. The molecule has 1 unspecified atom stereocenters. The first-order chi connectivity index (χ1) is 11.5. The lowest BCUT2D eigenvalue weighted by Crippen LogP contribution is -2.29. The van der Waals surface area contributed by atoms with Crippen LogP contribution in [-0.2, 0) is 20.4 Å². The predicted octanol–water partition coefficient (Wildman–Crippen LogP) is 2.98. The van der Waals surface area contributed by atoms with Crippen LogP contribution >= 0.6 is 0 Å². The summed E-state index contributed by atoms with van der Waals surface area (Å²) in [5.41, 5.74) is 6.46. The van der Waals surface area contributed by atoms with Gasteiger partial charge in [-0.25, -0.2) is 8.42 Å². The van der Waals surface area contributed by atoms with Crippen molar-refractivity contribution in [2.75, 3.05) is 0 Å². The van der Waals surface area contributed by atoms with Crippen LogP contribution in [-0.4, -0.2) is 14.3 Å². The summed E-state index contributed by atoms with van der Waals surface area (Å²) < 4.78 is 25.8. The van der Waals surface area contributed by atoms with Crippen molar-refractivity contribution in [3.8, 4) is 0 Å². The van der Waals surface area contributed by atoms with Crippen molar-refractivity contribution >= 4 is 26.5 Å². The first-order valence-electron chi connectivity index (χ1n) is 7.51. The van der Waals surface area contributed by atoms with Gasteiger partial charge in [0.2, 0.25) is 5.91 Å². The van der Waals surface area contributed by atoms with E-state index in [4.69, 9.17) is 5.73 Å². The molecule has 0 aliphatic carbocycles. The first-order valence-corrected chi connectivity index (χ1v) is 9.23. The average molecular weight is 339 g/mol. The number of carbonyl (C=O) groups excluding carboxylic acids is 1. The van der Waals surface area contributed by atoms with Crippen LogP contribution in [0.4, 0.5) is 0 Å². The molecule has 4 nitrogen and oxygen atoms in total. The van der Waals surface area contributed by atoms with Gasteiger partial charge < -0.3 is 5.73 Å². The van der Waals surface area contributed by atoms with Crippen LogP contribution in [0, 0.1) is 0 Å². The van der Waals surface area contributed by atoms with Gasteiger partial charge in [0.15, 0.2) is 15.1 Å². The molecule has 24 heavy (non-hydrogen) atoms. The van der Waals surface area contributed by atoms with E-state index in [0.717, 1.165) is 10.8 Å². The molecule has 3 rings (SSSR count). The van der Waals surface area contributed by atoms with Gasteiger partial charge in [0.25, 0.3) is 0 Å². The summed E-state index contributed by atoms with van der Waals surface area (Å²) >= 11 is 0. The largest absolute Gasteiger partial charge is 0.368 e. The second-order valence-electron chi connectivity index (χ2n) is 5.64. The molecule has 3 aromatic carbocycles. The smallest absolute Gasteiger partial charge is 0.240 e. The van der Waals surface area contributed by atoms with E-state index in [-0.39, 0.29) is 5.75 Å². The third-order valence-electron chi connectivity index (χ3n) is 3.96. The second-order valence-corrected chi connectivity index (χ2v) is 7.72. The SMILES string of the molecule is NC(=O)C(c1ccccc1)S(=O)(=O)Cc1cccc2ccccc12. The van der Waals surface area contributed by atoms with Crippen molar-refractivity contribution in [1.29, 1.82) is 0 Å². The highest BCUT2D eigenvalue weighted by atomic mass is 32.2. The quantitative estimate of drug-likeness (QED) is 0.776. The normalized spacial score (nSPS) is 12.8. The Balaban J connectivity index is 2.05. The molecule has 0 aliphatic rings. The van der Waals surface area contributed by atoms with Crippen LogP contribution in [0.3, 0.4) is 0 Å². The third kappa shape index (κ3) is 3.16. The summed E-state index contributed by atoms with van der Waals surface area (Å²) in [6.45, 7) is 0. The zero-order valence-electron chi connectivity index (χ0n) is 12.9. The minimum absolute atomic E-state index is 0.239. The Morgan fingerprint density at radius 1 is 0.875 bits per heavy atom. The summed E-state index contributed by atoms with van der Waals surface area (Å²) in [5, 5.41) is 0.470. The van der Waals surface area contributed by atoms with E-state index in [1.807, 2.05) is 36.4 Å². The fraction of sp³-hybridized carbons (Fsp3) is 0.105. The third-order valence-corrected chi connectivity index (χ3v) is 5.89. The number of primary amides is 1. The molecule has 0 radical (unpaired) electrons. The number of fused-ring (bicyclic) bond motifs is 1. The Kier molecular flexibility index (Phi) is 4.36. The van der Waals surface area contributed by atoms with Crippen molar-refractivity contribution in [3.05, 3.63) is 83.9 Å². The molecule has 5 heteroatoms. The molecule has 0 heterocycles. The molecule has 3 aromatic rings. The van der Waals surface area contributed by atoms with Gasteiger partial charge >= 0.3 is 0 Å². The fourth-order valence-corrected chi connectivity index (χ4v) is 4.67. The number of hydrogen-bond donors (Lipinski definition) is 1. The highest BCUT2D eigenvalue weighted by Gasteiger charge is 2.32. The summed E-state index contributed by atoms with van der Waals surface area (Å²) in [5.74, 6) is -1.10. The Morgan fingerprint density at radius 2 is 1.50 bits per heavy atom. The van der Waals surface area contributed by atoms with Crippen LogP contribution in [0.5, 0.6) is 0 Å². The zero-order valence-corrected chi connectivity index (χ0v) is 13.7. The number of nitrogens with two attached hydrogens (primary N) is 1. The Morgan fingerprint density at radius 3 is 2.21 bits per heavy atom. The average Bonchev–Trinajstić information content (AvgIpc) is 2.55. The molecule has 1 amide bonds. The highest BCUT2D eigenvalue weighted by molar-refractivity contribution is 7.91. The Hall–Kier alpha value is -2.66. The van der Waals surface area contributed by atoms with Crippen molar-refractivity contribution in [2.45, 2.75) is 11.0 Å². The highest BCUT2D eigenvalue weighted by Crippen LogP contribution is 2.28. The van der Waals surface area contributed by atoms with Crippen LogP contribution in [0.25, 0.3) is 10.8 Å². The maximum atomic E-state index is 12.9. The van der Waals surface area contributed by atoms with Gasteiger partial charge in [-0.3, -0.25) is 4.79 Å². The molecule has 1 atom stereocenters. The molecule has 0 spiro atoms. The number of amides is 1. The van der Waals surface area contributed by atoms with Crippen molar-refractivity contribution in [3.63, 3.8) is 0 Å². The van der Waals surface area contributed by atoms with Crippen molar-refractivity contribution in [1.82, 2.24) is 0 Å². The van der Waals surface area contributed by atoms with E-state index in [1.165, 1.54) is 0 Å². The zero-order chi connectivity index (χ0) is 17.2. The maximum absolute atomic E-state index is 12.9. The lowest BCUT2D eigenvalue weighted by atomic mass is 10.1. The van der Waals surface area contributed by atoms with Gasteiger partial charge in [-0.2, -0.15) is 0 Å². The van der Waals surface area contributed by atoms with Crippen LogP contribution in [0.15, 0.2) is 72.8 Å². The van der Waals surface area contributed by atoms with E-state index >= 15 is 0 Å². The first kappa shape index (κ1) is 16.2. The summed E-state index contributed by atoms with van der Waals surface area (Å²) in [6, 6.07) is 21.4. The number of hydrogen-bond acceptors (Lipinski definition) is 3. The van der Waals surface area contributed by atoms with Crippen LogP contribution < -0.4 is 5.73 Å². The molecule has 0 aliphatic heterocycles. The number of benzene rings is 3. The van der Waals surface area contributed by atoms with E-state index in [9.17, 15) is 13.2 Å². The van der Waals surface area contributed by atoms with Gasteiger partial charge in [0.1, 0.15) is 0 Å². The Bertz CT molecular complexity index is 976. The summed E-state index contributed by atoms with van der Waals surface area (Å²) in [6.07, 6.45) is 0.